The summed E-state index contributed by atoms with van der Waals surface area (Å²) in [5.74, 6) is -2.73. The van der Waals surface area contributed by atoms with Gasteiger partial charge in [0.1, 0.15) is 17.4 Å². The molecule has 202 valence electrons. The van der Waals surface area contributed by atoms with E-state index >= 15 is 0 Å². The minimum Gasteiger partial charge on any atom is -0.391 e. The Labute approximate surface area is 218 Å². The second kappa shape index (κ2) is 14.6. The summed E-state index contributed by atoms with van der Waals surface area (Å²) in [6.07, 6.45) is 1.04. The molecule has 0 heterocycles. The van der Waals surface area contributed by atoms with Crippen molar-refractivity contribution in [2.45, 2.75) is 71.9 Å². The number of nitrogens with zero attached hydrogens (tertiary/aromatic N) is 1. The van der Waals surface area contributed by atoms with E-state index in [9.17, 15) is 28.3 Å². The number of hydrogen-bond donors (Lipinski definition) is 2. The van der Waals surface area contributed by atoms with Crippen molar-refractivity contribution >= 4 is 17.6 Å². The van der Waals surface area contributed by atoms with Gasteiger partial charge >= 0.3 is 0 Å². The number of nitrogens with one attached hydrogen (secondary N) is 1. The lowest BCUT2D eigenvalue weighted by molar-refractivity contribution is -0.121. The molecule has 2 aromatic carbocycles. The SMILES string of the molecule is CCCN(CCC)C(=O)c1cccc(C(=O)N[C@@H](Cc2cc(F)cc(F)c2)[C@@H](O)C[C@@H](CC)C(C)=O)c1. The largest absolute Gasteiger partial charge is 0.391 e. The highest BCUT2D eigenvalue weighted by Crippen LogP contribution is 2.19. The van der Waals surface area contributed by atoms with Crippen LogP contribution in [0, 0.1) is 17.6 Å². The van der Waals surface area contributed by atoms with Gasteiger partial charge < -0.3 is 15.3 Å². The molecule has 37 heavy (non-hydrogen) atoms. The fourth-order valence-corrected chi connectivity index (χ4v) is 4.42. The summed E-state index contributed by atoms with van der Waals surface area (Å²) in [5.41, 5.74) is 0.859. The van der Waals surface area contributed by atoms with E-state index in [0.29, 0.717) is 25.1 Å². The van der Waals surface area contributed by atoms with Crippen molar-refractivity contribution in [2.24, 2.45) is 5.92 Å². The van der Waals surface area contributed by atoms with Gasteiger partial charge in [-0.25, -0.2) is 8.78 Å². The van der Waals surface area contributed by atoms with E-state index in [1.807, 2.05) is 20.8 Å². The number of halogens is 2. The topological polar surface area (TPSA) is 86.7 Å². The Hall–Kier alpha value is -3.13. The average molecular weight is 517 g/mol. The fraction of sp³-hybridized carbons (Fsp3) is 0.483. The Morgan fingerprint density at radius 3 is 2.08 bits per heavy atom. The highest BCUT2D eigenvalue weighted by atomic mass is 19.1. The van der Waals surface area contributed by atoms with Crippen molar-refractivity contribution in [3.63, 3.8) is 0 Å². The molecule has 0 unspecified atom stereocenters. The summed E-state index contributed by atoms with van der Waals surface area (Å²) in [5, 5.41) is 13.7. The van der Waals surface area contributed by atoms with Crippen LogP contribution < -0.4 is 5.32 Å². The second-order valence-electron chi connectivity index (χ2n) is 9.45. The lowest BCUT2D eigenvalue weighted by Crippen LogP contribution is -2.46. The van der Waals surface area contributed by atoms with Gasteiger partial charge in [0.15, 0.2) is 0 Å². The van der Waals surface area contributed by atoms with Gasteiger partial charge in [0.05, 0.1) is 12.1 Å². The van der Waals surface area contributed by atoms with Gasteiger partial charge in [0, 0.05) is 36.2 Å². The van der Waals surface area contributed by atoms with Gasteiger partial charge in [0.25, 0.3) is 11.8 Å². The van der Waals surface area contributed by atoms with Crippen LogP contribution >= 0.6 is 0 Å². The molecule has 0 bridgehead atoms. The maximum atomic E-state index is 13.8. The zero-order chi connectivity index (χ0) is 27.5. The van der Waals surface area contributed by atoms with E-state index in [2.05, 4.69) is 5.32 Å². The Balaban J connectivity index is 2.30. The molecule has 0 aliphatic heterocycles. The van der Waals surface area contributed by atoms with Crippen molar-refractivity contribution in [3.05, 3.63) is 70.8 Å². The van der Waals surface area contributed by atoms with Crippen LogP contribution in [0.4, 0.5) is 8.78 Å². The first kappa shape index (κ1) is 30.1. The number of carbonyl (C=O) groups is 3. The highest BCUT2D eigenvalue weighted by Gasteiger charge is 2.27. The van der Waals surface area contributed by atoms with Gasteiger partial charge in [0.2, 0.25) is 0 Å². The van der Waals surface area contributed by atoms with Crippen molar-refractivity contribution in [3.8, 4) is 0 Å². The third-order valence-corrected chi connectivity index (χ3v) is 6.40. The number of aliphatic hydroxyl groups excluding tert-OH is 1. The molecule has 2 aromatic rings. The Kier molecular flexibility index (Phi) is 11.9. The second-order valence-corrected chi connectivity index (χ2v) is 9.45. The molecule has 0 radical (unpaired) electrons. The number of hydrogen-bond acceptors (Lipinski definition) is 4. The van der Waals surface area contributed by atoms with Crippen LogP contribution in [0.15, 0.2) is 42.5 Å². The summed E-state index contributed by atoms with van der Waals surface area (Å²) < 4.78 is 27.6. The van der Waals surface area contributed by atoms with Gasteiger partial charge in [-0.3, -0.25) is 14.4 Å². The van der Waals surface area contributed by atoms with Gasteiger partial charge in [-0.1, -0.05) is 26.8 Å². The van der Waals surface area contributed by atoms with E-state index in [4.69, 9.17) is 0 Å². The number of aliphatic hydroxyl groups is 1. The molecule has 0 saturated heterocycles. The molecule has 2 amide bonds. The number of ketones is 1. The van der Waals surface area contributed by atoms with Gasteiger partial charge in [-0.2, -0.15) is 0 Å². The molecule has 0 aromatic heterocycles. The standard InChI is InChI=1S/C29H38F2N2O4/c1-5-11-33(12-6-2)29(37)23-10-8-9-22(16-23)28(36)32-26(27(35)17-21(7-3)19(4)34)15-20-13-24(30)18-25(31)14-20/h8-10,13-14,16,18,21,26-27,35H,5-7,11-12,15,17H2,1-4H3,(H,32,36)/t21-,26+,27+/m1/s1. The van der Waals surface area contributed by atoms with Crippen molar-refractivity contribution in [1.29, 1.82) is 0 Å². The summed E-state index contributed by atoms with van der Waals surface area (Å²) in [4.78, 5) is 39.9. The van der Waals surface area contributed by atoms with Gasteiger partial charge in [-0.05, 0) is 74.9 Å². The maximum Gasteiger partial charge on any atom is 0.253 e. The molecule has 0 saturated carbocycles. The molecule has 8 heteroatoms. The first-order valence-corrected chi connectivity index (χ1v) is 12.9. The minimum atomic E-state index is -1.14. The molecular weight excluding hydrogens is 478 g/mol. The third-order valence-electron chi connectivity index (χ3n) is 6.40. The molecular formula is C29H38F2N2O4. The van der Waals surface area contributed by atoms with Gasteiger partial charge in [-0.15, -0.1) is 0 Å². The normalized spacial score (nSPS) is 13.5. The van der Waals surface area contributed by atoms with Crippen LogP contribution in [-0.4, -0.2) is 52.8 Å². The molecule has 2 rings (SSSR count). The van der Waals surface area contributed by atoms with Crippen LogP contribution in [0.1, 0.15) is 79.7 Å². The number of carbonyl (C=O) groups excluding carboxylic acids is 3. The third kappa shape index (κ3) is 9.04. The van der Waals surface area contributed by atoms with Crippen LogP contribution in [0.5, 0.6) is 0 Å². The number of amides is 2. The lowest BCUT2D eigenvalue weighted by Gasteiger charge is -2.27. The summed E-state index contributed by atoms with van der Waals surface area (Å²) >= 11 is 0. The molecule has 0 fully saturated rings. The Bertz CT molecular complexity index is 1050. The monoisotopic (exact) mass is 516 g/mol. The summed E-state index contributed by atoms with van der Waals surface area (Å²) in [7, 11) is 0. The van der Waals surface area contributed by atoms with E-state index in [0.717, 1.165) is 31.0 Å². The van der Waals surface area contributed by atoms with E-state index < -0.39 is 35.6 Å². The molecule has 2 N–H and O–H groups in total. The number of benzene rings is 2. The molecule has 0 spiro atoms. The van der Waals surface area contributed by atoms with Crippen molar-refractivity contribution in [2.75, 3.05) is 13.1 Å². The van der Waals surface area contributed by atoms with E-state index in [-0.39, 0.29) is 35.7 Å². The van der Waals surface area contributed by atoms with Crippen LogP contribution in [0.2, 0.25) is 0 Å². The maximum absolute atomic E-state index is 13.8. The predicted molar refractivity (Wildman–Crippen MR) is 139 cm³/mol. The smallest absolute Gasteiger partial charge is 0.253 e. The fourth-order valence-electron chi connectivity index (χ4n) is 4.42. The average Bonchev–Trinajstić information content (AvgIpc) is 2.85. The minimum absolute atomic E-state index is 0.0463. The first-order valence-electron chi connectivity index (χ1n) is 12.9. The molecule has 0 aliphatic rings. The van der Waals surface area contributed by atoms with E-state index in [1.54, 1.807) is 23.1 Å². The molecule has 6 nitrogen and oxygen atoms in total. The first-order chi connectivity index (χ1) is 17.6. The predicted octanol–water partition coefficient (Wildman–Crippen LogP) is 4.93. The molecule has 3 atom stereocenters. The number of Topliss-reactive ketones (excluding diaryl/α,β-unsaturated/α-hetero) is 1. The van der Waals surface area contributed by atoms with E-state index in [1.165, 1.54) is 13.0 Å². The number of rotatable bonds is 14. The highest BCUT2D eigenvalue weighted by molar-refractivity contribution is 5.99. The lowest BCUT2D eigenvalue weighted by atomic mass is 9.89. The summed E-state index contributed by atoms with van der Waals surface area (Å²) in [6.45, 7) is 8.47. The Morgan fingerprint density at radius 1 is 0.946 bits per heavy atom. The van der Waals surface area contributed by atoms with Crippen LogP contribution in [0.25, 0.3) is 0 Å². The van der Waals surface area contributed by atoms with Crippen LogP contribution in [0.3, 0.4) is 0 Å². The van der Waals surface area contributed by atoms with Crippen LogP contribution in [-0.2, 0) is 11.2 Å². The Morgan fingerprint density at radius 2 is 1.54 bits per heavy atom. The van der Waals surface area contributed by atoms with Crippen molar-refractivity contribution in [1.82, 2.24) is 10.2 Å². The zero-order valence-corrected chi connectivity index (χ0v) is 22.1. The molecule has 0 aliphatic carbocycles. The quantitative estimate of drug-likeness (QED) is 0.373. The zero-order valence-electron chi connectivity index (χ0n) is 22.1. The summed E-state index contributed by atoms with van der Waals surface area (Å²) in [6, 6.07) is 8.46. The van der Waals surface area contributed by atoms with Crippen molar-refractivity contribution < 1.29 is 28.3 Å².